The van der Waals surface area contributed by atoms with Crippen LogP contribution in [0.1, 0.15) is 31.7 Å². The van der Waals surface area contributed by atoms with Crippen molar-refractivity contribution in [1.29, 1.82) is 0 Å². The second-order valence-electron chi connectivity index (χ2n) is 5.58. The molecule has 1 fully saturated rings. The zero-order valence-electron chi connectivity index (χ0n) is 12.3. The Bertz CT molecular complexity index is 425. The molecule has 0 bridgehead atoms. The molecule has 1 aromatic rings. The number of nitrogens with two attached hydrogens (primary N) is 1. The summed E-state index contributed by atoms with van der Waals surface area (Å²) in [4.78, 5) is 2.44. The standard InChI is InChI=1S/C16H25ClN2O/c1-2-3-8-20-16-5-4-15(17)9-14(16)12-19-7-6-13(10-18)11-19/h4-5,9,13H,2-3,6-8,10-12,18H2,1H3. The summed E-state index contributed by atoms with van der Waals surface area (Å²) in [5.41, 5.74) is 6.94. The van der Waals surface area contributed by atoms with Crippen molar-refractivity contribution >= 4 is 11.6 Å². The van der Waals surface area contributed by atoms with Gasteiger partial charge in [-0.15, -0.1) is 0 Å². The normalized spacial score (nSPS) is 19.4. The molecule has 0 amide bonds. The maximum atomic E-state index is 6.13. The average molecular weight is 297 g/mol. The van der Waals surface area contributed by atoms with Gasteiger partial charge in [-0.1, -0.05) is 24.9 Å². The van der Waals surface area contributed by atoms with E-state index >= 15 is 0 Å². The molecule has 4 heteroatoms. The largest absolute Gasteiger partial charge is 0.493 e. The Hall–Kier alpha value is -0.770. The van der Waals surface area contributed by atoms with Gasteiger partial charge in [-0.05, 0) is 50.0 Å². The molecule has 112 valence electrons. The SMILES string of the molecule is CCCCOc1ccc(Cl)cc1CN1CCC(CN)C1. The molecule has 3 nitrogen and oxygen atoms in total. The van der Waals surface area contributed by atoms with E-state index in [0.717, 1.165) is 56.4 Å². The van der Waals surface area contributed by atoms with E-state index in [1.807, 2.05) is 18.2 Å². The fourth-order valence-electron chi connectivity index (χ4n) is 2.63. The molecule has 1 unspecified atom stereocenters. The van der Waals surface area contributed by atoms with Gasteiger partial charge in [0.2, 0.25) is 0 Å². The molecule has 0 radical (unpaired) electrons. The van der Waals surface area contributed by atoms with E-state index in [0.29, 0.717) is 5.92 Å². The molecule has 0 aliphatic carbocycles. The Balaban J connectivity index is 1.99. The highest BCUT2D eigenvalue weighted by molar-refractivity contribution is 6.30. The predicted octanol–water partition coefficient (Wildman–Crippen LogP) is 3.30. The third-order valence-electron chi connectivity index (χ3n) is 3.88. The van der Waals surface area contributed by atoms with Crippen molar-refractivity contribution in [1.82, 2.24) is 4.90 Å². The molecule has 1 saturated heterocycles. The number of hydrogen-bond donors (Lipinski definition) is 1. The molecule has 1 aliphatic heterocycles. The first-order valence-corrected chi connectivity index (χ1v) is 7.94. The topological polar surface area (TPSA) is 38.5 Å². The Labute approximate surface area is 127 Å². The summed E-state index contributed by atoms with van der Waals surface area (Å²) in [6.07, 6.45) is 3.43. The number of unbranched alkanes of at least 4 members (excludes halogenated alkanes) is 1. The molecule has 20 heavy (non-hydrogen) atoms. The van der Waals surface area contributed by atoms with Crippen molar-refractivity contribution in [3.63, 3.8) is 0 Å². The molecule has 0 aromatic heterocycles. The van der Waals surface area contributed by atoms with Gasteiger partial charge in [0.05, 0.1) is 6.61 Å². The lowest BCUT2D eigenvalue weighted by molar-refractivity contribution is 0.285. The zero-order chi connectivity index (χ0) is 14.4. The number of ether oxygens (including phenoxy) is 1. The van der Waals surface area contributed by atoms with Gasteiger partial charge in [0.1, 0.15) is 5.75 Å². The first-order chi connectivity index (χ1) is 9.72. The quantitative estimate of drug-likeness (QED) is 0.785. The molecule has 2 rings (SSSR count). The van der Waals surface area contributed by atoms with Crippen molar-refractivity contribution in [2.75, 3.05) is 26.2 Å². The monoisotopic (exact) mass is 296 g/mol. The third-order valence-corrected chi connectivity index (χ3v) is 4.11. The highest BCUT2D eigenvalue weighted by atomic mass is 35.5. The predicted molar refractivity (Wildman–Crippen MR) is 84.3 cm³/mol. The van der Waals surface area contributed by atoms with Crippen molar-refractivity contribution in [2.45, 2.75) is 32.7 Å². The number of nitrogens with zero attached hydrogens (tertiary/aromatic N) is 1. The lowest BCUT2D eigenvalue weighted by Gasteiger charge is -2.18. The summed E-state index contributed by atoms with van der Waals surface area (Å²) in [5.74, 6) is 1.61. The lowest BCUT2D eigenvalue weighted by Crippen LogP contribution is -2.23. The Morgan fingerprint density at radius 1 is 1.45 bits per heavy atom. The highest BCUT2D eigenvalue weighted by Gasteiger charge is 2.22. The van der Waals surface area contributed by atoms with Crippen molar-refractivity contribution in [3.8, 4) is 5.75 Å². The fraction of sp³-hybridized carbons (Fsp3) is 0.625. The van der Waals surface area contributed by atoms with Crippen LogP contribution in [0.15, 0.2) is 18.2 Å². The minimum Gasteiger partial charge on any atom is -0.493 e. The van der Waals surface area contributed by atoms with Crippen molar-refractivity contribution < 1.29 is 4.74 Å². The van der Waals surface area contributed by atoms with E-state index in [4.69, 9.17) is 22.1 Å². The Morgan fingerprint density at radius 2 is 2.30 bits per heavy atom. The lowest BCUT2D eigenvalue weighted by atomic mass is 10.1. The maximum absolute atomic E-state index is 6.13. The number of hydrogen-bond acceptors (Lipinski definition) is 3. The van der Waals surface area contributed by atoms with Crippen LogP contribution in [-0.2, 0) is 6.54 Å². The molecule has 1 heterocycles. The van der Waals surface area contributed by atoms with E-state index in [1.54, 1.807) is 0 Å². The number of halogens is 1. The third kappa shape index (κ3) is 4.37. The van der Waals surface area contributed by atoms with Crippen LogP contribution < -0.4 is 10.5 Å². The van der Waals surface area contributed by atoms with Gasteiger partial charge in [-0.3, -0.25) is 4.90 Å². The van der Waals surface area contributed by atoms with Crippen LogP contribution in [-0.4, -0.2) is 31.1 Å². The summed E-state index contributed by atoms with van der Waals surface area (Å²) in [6, 6.07) is 5.92. The van der Waals surface area contributed by atoms with E-state index in [2.05, 4.69) is 11.8 Å². The summed E-state index contributed by atoms with van der Waals surface area (Å²) in [5, 5.41) is 0.775. The minimum absolute atomic E-state index is 0.638. The number of benzene rings is 1. The van der Waals surface area contributed by atoms with Crippen LogP contribution in [0.5, 0.6) is 5.75 Å². The second-order valence-corrected chi connectivity index (χ2v) is 6.02. The van der Waals surface area contributed by atoms with Crippen LogP contribution in [0.25, 0.3) is 0 Å². The van der Waals surface area contributed by atoms with Gasteiger partial charge < -0.3 is 10.5 Å². The van der Waals surface area contributed by atoms with Crippen LogP contribution in [0.3, 0.4) is 0 Å². The number of likely N-dealkylation sites (tertiary alicyclic amines) is 1. The highest BCUT2D eigenvalue weighted by Crippen LogP contribution is 2.26. The molecule has 0 saturated carbocycles. The summed E-state index contributed by atoms with van der Waals surface area (Å²) in [7, 11) is 0. The van der Waals surface area contributed by atoms with Crippen molar-refractivity contribution in [2.24, 2.45) is 11.7 Å². The Morgan fingerprint density at radius 3 is 3.00 bits per heavy atom. The van der Waals surface area contributed by atoms with E-state index < -0.39 is 0 Å². The first kappa shape index (κ1) is 15.6. The molecule has 1 atom stereocenters. The van der Waals surface area contributed by atoms with E-state index in [9.17, 15) is 0 Å². The molecule has 1 aromatic carbocycles. The fourth-order valence-corrected chi connectivity index (χ4v) is 2.82. The van der Waals surface area contributed by atoms with Crippen molar-refractivity contribution in [3.05, 3.63) is 28.8 Å². The van der Waals surface area contributed by atoms with Gasteiger partial charge in [-0.25, -0.2) is 0 Å². The van der Waals surface area contributed by atoms with Gasteiger partial charge in [0, 0.05) is 23.7 Å². The van der Waals surface area contributed by atoms with E-state index in [1.165, 1.54) is 12.0 Å². The van der Waals surface area contributed by atoms with Gasteiger partial charge >= 0.3 is 0 Å². The zero-order valence-corrected chi connectivity index (χ0v) is 13.0. The molecule has 2 N–H and O–H groups in total. The summed E-state index contributed by atoms with van der Waals surface area (Å²) in [6.45, 7) is 6.82. The molecular weight excluding hydrogens is 272 g/mol. The Kier molecular flexibility index (Phi) is 6.14. The average Bonchev–Trinajstić information content (AvgIpc) is 2.89. The van der Waals surface area contributed by atoms with Crippen LogP contribution in [0.4, 0.5) is 0 Å². The van der Waals surface area contributed by atoms with Crippen LogP contribution >= 0.6 is 11.6 Å². The van der Waals surface area contributed by atoms with E-state index in [-0.39, 0.29) is 0 Å². The van der Waals surface area contributed by atoms with Gasteiger partial charge in [0.15, 0.2) is 0 Å². The minimum atomic E-state index is 0.638. The van der Waals surface area contributed by atoms with Gasteiger partial charge in [-0.2, -0.15) is 0 Å². The molecular formula is C16H25ClN2O. The molecule has 0 spiro atoms. The second kappa shape index (κ2) is 7.87. The number of rotatable bonds is 7. The smallest absolute Gasteiger partial charge is 0.123 e. The summed E-state index contributed by atoms with van der Waals surface area (Å²) >= 11 is 6.13. The van der Waals surface area contributed by atoms with Crippen LogP contribution in [0, 0.1) is 5.92 Å². The summed E-state index contributed by atoms with van der Waals surface area (Å²) < 4.78 is 5.89. The first-order valence-electron chi connectivity index (χ1n) is 7.56. The maximum Gasteiger partial charge on any atom is 0.123 e. The van der Waals surface area contributed by atoms with Crippen LogP contribution in [0.2, 0.25) is 5.02 Å². The van der Waals surface area contributed by atoms with Gasteiger partial charge in [0.25, 0.3) is 0 Å². The molecule has 1 aliphatic rings.